The van der Waals surface area contributed by atoms with Gasteiger partial charge in [-0.05, 0) is 24.5 Å². The Balaban J connectivity index is 2.91. The number of esters is 1. The van der Waals surface area contributed by atoms with E-state index in [1.54, 1.807) is 32.0 Å². The van der Waals surface area contributed by atoms with Crippen LogP contribution in [-0.2, 0) is 9.53 Å². The first-order chi connectivity index (χ1) is 9.25. The zero-order valence-electron chi connectivity index (χ0n) is 11.1. The predicted octanol–water partition coefficient (Wildman–Crippen LogP) is 1.64. The highest BCUT2D eigenvalue weighted by atomic mass is 19.3. The normalized spacial score (nSPS) is 13.1. The summed E-state index contributed by atoms with van der Waals surface area (Å²) in [5.41, 5.74) is 0.0791. The number of carbonyl (C=O) groups is 2. The van der Waals surface area contributed by atoms with Gasteiger partial charge in [0.2, 0.25) is 0 Å². The molecule has 1 aromatic rings. The van der Waals surface area contributed by atoms with Gasteiger partial charge in [-0.15, -0.1) is 0 Å². The highest BCUT2D eigenvalue weighted by molar-refractivity contribution is 5.89. The van der Waals surface area contributed by atoms with Crippen molar-refractivity contribution in [3.05, 3.63) is 35.9 Å². The second kappa shape index (κ2) is 6.45. The maximum atomic E-state index is 13.5. The average Bonchev–Trinajstić information content (AvgIpc) is 2.38. The average molecular weight is 285 g/mol. The van der Waals surface area contributed by atoms with Gasteiger partial charge in [-0.3, -0.25) is 0 Å². The van der Waals surface area contributed by atoms with Crippen LogP contribution in [0.4, 0.5) is 8.78 Å². The van der Waals surface area contributed by atoms with Gasteiger partial charge in [0.1, 0.15) is 5.97 Å². The minimum Gasteiger partial charge on any atom is -0.544 e. The lowest BCUT2D eigenvalue weighted by Gasteiger charge is -2.28. The molecular weight excluding hydrogens is 270 g/mol. The lowest BCUT2D eigenvalue weighted by atomic mass is 10.0. The number of rotatable bonds is 6. The van der Waals surface area contributed by atoms with E-state index in [4.69, 9.17) is 0 Å². The number of aliphatic carboxylic acids is 1. The Hall–Kier alpha value is -1.98. The minimum atomic E-state index is -4.23. The van der Waals surface area contributed by atoms with Gasteiger partial charge < -0.3 is 14.6 Å². The van der Waals surface area contributed by atoms with Crippen molar-refractivity contribution in [1.29, 1.82) is 0 Å². The molecule has 0 aromatic heterocycles. The maximum absolute atomic E-state index is 13.5. The van der Waals surface area contributed by atoms with E-state index in [9.17, 15) is 23.5 Å². The van der Waals surface area contributed by atoms with Gasteiger partial charge in [0.15, 0.2) is 6.10 Å². The number of carboxylic acids is 1. The van der Waals surface area contributed by atoms with Crippen molar-refractivity contribution < 1.29 is 28.2 Å². The van der Waals surface area contributed by atoms with Crippen molar-refractivity contribution >= 4 is 11.9 Å². The summed E-state index contributed by atoms with van der Waals surface area (Å²) >= 11 is 0. The third kappa shape index (κ3) is 4.01. The number of carbonyl (C=O) groups excluding carboxylic acids is 2. The predicted molar refractivity (Wildman–Crippen MR) is 65.1 cm³/mol. The van der Waals surface area contributed by atoms with E-state index in [0.29, 0.717) is 0 Å². The summed E-state index contributed by atoms with van der Waals surface area (Å²) < 4.78 is 31.7. The topological polar surface area (TPSA) is 66.4 Å². The second-order valence-electron chi connectivity index (χ2n) is 4.80. The molecule has 20 heavy (non-hydrogen) atoms. The number of ether oxygens (including phenoxy) is 1. The third-order valence-electron chi connectivity index (χ3n) is 2.62. The van der Waals surface area contributed by atoms with E-state index >= 15 is 0 Å². The smallest absolute Gasteiger partial charge is 0.338 e. The quantitative estimate of drug-likeness (QED) is 0.745. The summed E-state index contributed by atoms with van der Waals surface area (Å²) in [6.45, 7) is 3.24. The third-order valence-corrected chi connectivity index (χ3v) is 2.62. The van der Waals surface area contributed by atoms with Crippen molar-refractivity contribution in [3.63, 3.8) is 0 Å². The molecule has 0 fully saturated rings. The summed E-state index contributed by atoms with van der Waals surface area (Å²) in [7, 11) is 0. The van der Waals surface area contributed by atoms with Crippen LogP contribution in [-0.4, -0.2) is 24.0 Å². The molecule has 1 unspecified atom stereocenters. The van der Waals surface area contributed by atoms with Crippen LogP contribution >= 0.6 is 0 Å². The number of carboxylic acid groups (broad SMARTS) is 1. The minimum absolute atomic E-state index is 0.0791. The van der Waals surface area contributed by atoms with Crippen molar-refractivity contribution in [2.24, 2.45) is 5.92 Å². The number of hydrogen-bond donors (Lipinski definition) is 0. The molecule has 0 heterocycles. The summed E-state index contributed by atoms with van der Waals surface area (Å²) in [5.74, 6) is -8.04. The van der Waals surface area contributed by atoms with Gasteiger partial charge in [0.25, 0.3) is 0 Å². The van der Waals surface area contributed by atoms with Crippen LogP contribution in [0, 0.1) is 5.92 Å². The van der Waals surface area contributed by atoms with Crippen molar-refractivity contribution in [2.45, 2.75) is 32.3 Å². The Bertz CT molecular complexity index is 471. The Kier molecular flexibility index (Phi) is 5.19. The lowest BCUT2D eigenvalue weighted by Crippen LogP contribution is -2.51. The molecule has 110 valence electrons. The van der Waals surface area contributed by atoms with Crippen LogP contribution in [0.2, 0.25) is 0 Å². The number of halogens is 2. The molecule has 0 amide bonds. The molecule has 1 rings (SSSR count). The van der Waals surface area contributed by atoms with E-state index < -0.39 is 24.0 Å². The highest BCUT2D eigenvalue weighted by Crippen LogP contribution is 2.27. The monoisotopic (exact) mass is 285 g/mol. The maximum Gasteiger partial charge on any atom is 0.338 e. The van der Waals surface area contributed by atoms with Gasteiger partial charge in [-0.25, -0.2) is 4.79 Å². The largest absolute Gasteiger partial charge is 0.544 e. The van der Waals surface area contributed by atoms with Gasteiger partial charge in [0, 0.05) is 0 Å². The van der Waals surface area contributed by atoms with E-state index in [-0.39, 0.29) is 17.9 Å². The lowest BCUT2D eigenvalue weighted by molar-refractivity contribution is -0.336. The molecule has 0 bridgehead atoms. The van der Waals surface area contributed by atoms with Gasteiger partial charge in [0.05, 0.1) is 5.56 Å². The molecule has 0 aliphatic rings. The van der Waals surface area contributed by atoms with Crippen molar-refractivity contribution in [2.75, 3.05) is 0 Å². The molecule has 6 heteroatoms. The molecule has 1 aromatic carbocycles. The first kappa shape index (κ1) is 16.1. The van der Waals surface area contributed by atoms with Gasteiger partial charge in [-0.1, -0.05) is 32.0 Å². The standard InChI is InChI=1S/C14H16F2O4/c1-9(2)8-11(14(15,16)13(18)19)20-12(17)10-6-4-3-5-7-10/h3-7,9,11H,8H2,1-2H3,(H,18,19)/p-1. The van der Waals surface area contributed by atoms with Crippen LogP contribution < -0.4 is 5.11 Å². The summed E-state index contributed by atoms with van der Waals surface area (Å²) in [6, 6.07) is 7.53. The number of alkyl halides is 2. The molecule has 0 aliphatic heterocycles. The molecule has 1 atom stereocenters. The van der Waals surface area contributed by atoms with E-state index in [2.05, 4.69) is 4.74 Å². The number of benzene rings is 1. The molecule has 0 N–H and O–H groups in total. The fourth-order valence-corrected chi connectivity index (χ4v) is 1.60. The fraction of sp³-hybridized carbons (Fsp3) is 0.429. The molecule has 0 saturated carbocycles. The summed E-state index contributed by atoms with van der Waals surface area (Å²) in [4.78, 5) is 22.2. The molecule has 0 radical (unpaired) electrons. The van der Waals surface area contributed by atoms with Crippen LogP contribution in [0.5, 0.6) is 0 Å². The van der Waals surface area contributed by atoms with Crippen molar-refractivity contribution in [1.82, 2.24) is 0 Å². The summed E-state index contributed by atoms with van der Waals surface area (Å²) in [6.07, 6.45) is -2.33. The first-order valence-corrected chi connectivity index (χ1v) is 6.10. The molecule has 4 nitrogen and oxygen atoms in total. The molecule has 0 spiro atoms. The van der Waals surface area contributed by atoms with E-state index in [1.807, 2.05) is 0 Å². The summed E-state index contributed by atoms with van der Waals surface area (Å²) in [5, 5.41) is 10.5. The van der Waals surface area contributed by atoms with E-state index in [1.165, 1.54) is 12.1 Å². The highest BCUT2D eigenvalue weighted by Gasteiger charge is 2.44. The zero-order chi connectivity index (χ0) is 15.3. The number of hydrogen-bond acceptors (Lipinski definition) is 4. The Morgan fingerprint density at radius 1 is 1.25 bits per heavy atom. The SMILES string of the molecule is CC(C)CC(OC(=O)c1ccccc1)C(F)(F)C(=O)[O-]. The molecule has 0 aliphatic carbocycles. The second-order valence-corrected chi connectivity index (χ2v) is 4.80. The van der Waals surface area contributed by atoms with Gasteiger partial charge in [-0.2, -0.15) is 8.78 Å². The zero-order valence-corrected chi connectivity index (χ0v) is 11.1. The van der Waals surface area contributed by atoms with Crippen LogP contribution in [0.3, 0.4) is 0 Å². The molecular formula is C14H15F2O4-. The van der Waals surface area contributed by atoms with E-state index in [0.717, 1.165) is 0 Å². The Morgan fingerprint density at radius 3 is 2.25 bits per heavy atom. The van der Waals surface area contributed by atoms with Crippen molar-refractivity contribution in [3.8, 4) is 0 Å². The van der Waals surface area contributed by atoms with Crippen LogP contribution in [0.15, 0.2) is 30.3 Å². The first-order valence-electron chi connectivity index (χ1n) is 6.10. The molecule has 0 saturated heterocycles. The fourth-order valence-electron chi connectivity index (χ4n) is 1.60. The Morgan fingerprint density at radius 2 is 1.80 bits per heavy atom. The van der Waals surface area contributed by atoms with Crippen LogP contribution in [0.1, 0.15) is 30.6 Å². The Labute approximate surface area is 115 Å². The van der Waals surface area contributed by atoms with Gasteiger partial charge >= 0.3 is 11.9 Å². The van der Waals surface area contributed by atoms with Crippen LogP contribution in [0.25, 0.3) is 0 Å².